The summed E-state index contributed by atoms with van der Waals surface area (Å²) in [6.45, 7) is 3.91. The Morgan fingerprint density at radius 2 is 2.29 bits per heavy atom. The average Bonchev–Trinajstić information content (AvgIpc) is 2.31. The van der Waals surface area contributed by atoms with E-state index in [4.69, 9.17) is 5.11 Å². The number of benzene rings is 1. The van der Waals surface area contributed by atoms with Crippen LogP contribution in [-0.2, 0) is 0 Å². The van der Waals surface area contributed by atoms with Crippen molar-refractivity contribution >= 4 is 21.8 Å². The highest BCUT2D eigenvalue weighted by Crippen LogP contribution is 2.17. The van der Waals surface area contributed by atoms with Gasteiger partial charge in [-0.1, -0.05) is 6.08 Å². The number of hydrogen-bond donors (Lipinski definition) is 1. The van der Waals surface area contributed by atoms with E-state index in [9.17, 15) is 9.18 Å². The summed E-state index contributed by atoms with van der Waals surface area (Å²) in [5.74, 6) is -0.816. The van der Waals surface area contributed by atoms with Gasteiger partial charge in [0.1, 0.15) is 5.82 Å². The second kappa shape index (κ2) is 6.51. The average molecular weight is 302 g/mol. The number of aliphatic hydroxyl groups is 1. The minimum Gasteiger partial charge on any atom is -0.395 e. The molecule has 0 heterocycles. The largest absolute Gasteiger partial charge is 0.395 e. The van der Waals surface area contributed by atoms with E-state index < -0.39 is 5.82 Å². The van der Waals surface area contributed by atoms with E-state index in [-0.39, 0.29) is 24.6 Å². The number of amides is 1. The number of rotatable bonds is 5. The van der Waals surface area contributed by atoms with Crippen LogP contribution in [0.3, 0.4) is 0 Å². The molecule has 1 aromatic rings. The van der Waals surface area contributed by atoms with Crippen molar-refractivity contribution in [1.29, 1.82) is 0 Å². The third-order valence-electron chi connectivity index (χ3n) is 2.17. The molecule has 0 aliphatic carbocycles. The predicted octanol–water partition coefficient (Wildman–Crippen LogP) is 2.21. The Kier molecular flexibility index (Phi) is 5.31. The summed E-state index contributed by atoms with van der Waals surface area (Å²) < 4.78 is 13.6. The van der Waals surface area contributed by atoms with Gasteiger partial charge in [0.25, 0.3) is 5.91 Å². The predicted molar refractivity (Wildman–Crippen MR) is 67.3 cm³/mol. The van der Waals surface area contributed by atoms with Crippen LogP contribution in [0.2, 0.25) is 0 Å². The first-order valence-corrected chi connectivity index (χ1v) is 5.85. The highest BCUT2D eigenvalue weighted by Gasteiger charge is 2.15. The maximum absolute atomic E-state index is 13.3. The molecule has 0 unspecified atom stereocenters. The van der Waals surface area contributed by atoms with Crippen molar-refractivity contribution < 1.29 is 14.3 Å². The van der Waals surface area contributed by atoms with Crippen molar-refractivity contribution in [2.24, 2.45) is 0 Å². The zero-order chi connectivity index (χ0) is 12.8. The Labute approximate surface area is 108 Å². The third kappa shape index (κ3) is 3.64. The van der Waals surface area contributed by atoms with Crippen molar-refractivity contribution in [3.8, 4) is 0 Å². The van der Waals surface area contributed by atoms with Gasteiger partial charge in [0.15, 0.2) is 0 Å². The van der Waals surface area contributed by atoms with Crippen LogP contribution < -0.4 is 0 Å². The monoisotopic (exact) mass is 301 g/mol. The maximum atomic E-state index is 13.3. The maximum Gasteiger partial charge on any atom is 0.254 e. The molecule has 0 fully saturated rings. The molecule has 1 N–H and O–H groups in total. The number of carbonyl (C=O) groups excluding carboxylic acids is 1. The molecule has 0 atom stereocenters. The van der Waals surface area contributed by atoms with E-state index in [1.165, 1.54) is 23.1 Å². The smallest absolute Gasteiger partial charge is 0.254 e. The number of hydrogen-bond acceptors (Lipinski definition) is 2. The van der Waals surface area contributed by atoms with Crippen LogP contribution in [0, 0.1) is 5.82 Å². The van der Waals surface area contributed by atoms with Crippen LogP contribution in [0.4, 0.5) is 4.39 Å². The molecule has 0 aliphatic heterocycles. The van der Waals surface area contributed by atoms with Gasteiger partial charge in [-0.2, -0.15) is 0 Å². The molecule has 0 bridgehead atoms. The van der Waals surface area contributed by atoms with E-state index in [1.807, 2.05) is 0 Å². The summed E-state index contributed by atoms with van der Waals surface area (Å²) in [6.07, 6.45) is 1.56. The Hall–Kier alpha value is -1.20. The molecule has 1 aromatic carbocycles. The topological polar surface area (TPSA) is 40.5 Å². The molecule has 3 nitrogen and oxygen atoms in total. The van der Waals surface area contributed by atoms with Gasteiger partial charge in [0.05, 0.1) is 11.1 Å². The van der Waals surface area contributed by atoms with E-state index in [0.29, 0.717) is 11.0 Å². The molecule has 0 spiro atoms. The van der Waals surface area contributed by atoms with Crippen LogP contribution in [0.1, 0.15) is 10.4 Å². The Morgan fingerprint density at radius 3 is 2.82 bits per heavy atom. The summed E-state index contributed by atoms with van der Waals surface area (Å²) in [4.78, 5) is 13.4. The Morgan fingerprint density at radius 1 is 1.59 bits per heavy atom. The van der Waals surface area contributed by atoms with Gasteiger partial charge in [-0.3, -0.25) is 4.79 Å². The highest BCUT2D eigenvalue weighted by atomic mass is 79.9. The van der Waals surface area contributed by atoms with E-state index in [0.717, 1.165) is 0 Å². The molecular formula is C12H13BrFNO2. The van der Waals surface area contributed by atoms with Crippen molar-refractivity contribution in [1.82, 2.24) is 4.90 Å². The van der Waals surface area contributed by atoms with Gasteiger partial charge in [0.2, 0.25) is 0 Å². The van der Waals surface area contributed by atoms with Gasteiger partial charge in [-0.25, -0.2) is 4.39 Å². The van der Waals surface area contributed by atoms with Gasteiger partial charge in [-0.05, 0) is 34.1 Å². The minimum absolute atomic E-state index is 0.140. The lowest BCUT2D eigenvalue weighted by atomic mass is 10.2. The SMILES string of the molecule is C=CCN(CCO)C(=O)c1ccc(Br)c(F)c1. The van der Waals surface area contributed by atoms with Crippen LogP contribution >= 0.6 is 15.9 Å². The second-order valence-electron chi connectivity index (χ2n) is 3.39. The molecule has 1 amide bonds. The Balaban J connectivity index is 2.92. The molecule has 0 aliphatic rings. The molecule has 17 heavy (non-hydrogen) atoms. The molecule has 0 aromatic heterocycles. The highest BCUT2D eigenvalue weighted by molar-refractivity contribution is 9.10. The van der Waals surface area contributed by atoms with Crippen LogP contribution in [0.25, 0.3) is 0 Å². The lowest BCUT2D eigenvalue weighted by molar-refractivity contribution is 0.0742. The Bertz CT molecular complexity index is 423. The quantitative estimate of drug-likeness (QED) is 0.847. The zero-order valence-electron chi connectivity index (χ0n) is 9.20. The molecule has 0 radical (unpaired) electrons. The summed E-state index contributed by atoms with van der Waals surface area (Å²) in [5, 5.41) is 8.85. The zero-order valence-corrected chi connectivity index (χ0v) is 10.8. The molecule has 0 saturated heterocycles. The fourth-order valence-corrected chi connectivity index (χ4v) is 1.61. The first-order valence-electron chi connectivity index (χ1n) is 5.06. The van der Waals surface area contributed by atoms with Gasteiger partial charge < -0.3 is 10.0 Å². The second-order valence-corrected chi connectivity index (χ2v) is 4.25. The number of aliphatic hydroxyl groups excluding tert-OH is 1. The lowest BCUT2D eigenvalue weighted by Gasteiger charge is -2.20. The van der Waals surface area contributed by atoms with Gasteiger partial charge in [0, 0.05) is 18.7 Å². The molecular weight excluding hydrogens is 289 g/mol. The molecule has 92 valence electrons. The molecule has 0 saturated carbocycles. The van der Waals surface area contributed by atoms with Crippen molar-refractivity contribution in [3.05, 3.63) is 46.7 Å². The first kappa shape index (κ1) is 13.9. The standard InChI is InChI=1S/C12H13BrFNO2/c1-2-5-15(6-7-16)12(17)9-3-4-10(13)11(14)8-9/h2-4,8,16H,1,5-7H2. The number of carbonyl (C=O) groups is 1. The van der Waals surface area contributed by atoms with Crippen LogP contribution in [0.5, 0.6) is 0 Å². The molecule has 1 rings (SSSR count). The number of nitrogens with zero attached hydrogens (tertiary/aromatic N) is 1. The van der Waals surface area contributed by atoms with Crippen LogP contribution in [-0.4, -0.2) is 35.6 Å². The first-order chi connectivity index (χ1) is 8.10. The normalized spacial score (nSPS) is 10.1. The summed E-state index contributed by atoms with van der Waals surface area (Å²) in [7, 11) is 0. The van der Waals surface area contributed by atoms with Crippen molar-refractivity contribution in [3.63, 3.8) is 0 Å². The van der Waals surface area contributed by atoms with Gasteiger partial charge in [-0.15, -0.1) is 6.58 Å². The number of halogens is 2. The fraction of sp³-hybridized carbons (Fsp3) is 0.250. The van der Waals surface area contributed by atoms with E-state index in [2.05, 4.69) is 22.5 Å². The van der Waals surface area contributed by atoms with Crippen LogP contribution in [0.15, 0.2) is 35.3 Å². The summed E-state index contributed by atoms with van der Waals surface area (Å²) >= 11 is 3.02. The lowest BCUT2D eigenvalue weighted by Crippen LogP contribution is -2.33. The minimum atomic E-state index is -0.488. The fourth-order valence-electron chi connectivity index (χ4n) is 1.36. The van der Waals surface area contributed by atoms with Crippen molar-refractivity contribution in [2.75, 3.05) is 19.7 Å². The third-order valence-corrected chi connectivity index (χ3v) is 2.82. The molecule has 5 heteroatoms. The van der Waals surface area contributed by atoms with E-state index >= 15 is 0 Å². The summed E-state index contributed by atoms with van der Waals surface area (Å²) in [6, 6.07) is 4.18. The van der Waals surface area contributed by atoms with E-state index in [1.54, 1.807) is 6.08 Å². The van der Waals surface area contributed by atoms with Gasteiger partial charge >= 0.3 is 0 Å². The van der Waals surface area contributed by atoms with Crippen molar-refractivity contribution in [2.45, 2.75) is 0 Å². The summed E-state index contributed by atoms with van der Waals surface area (Å²) in [5.41, 5.74) is 0.251.